The smallest absolute Gasteiger partial charge is 0.215 e. The van der Waals surface area contributed by atoms with Crippen LogP contribution in [0, 0.1) is 0 Å². The Labute approximate surface area is 143 Å². The molecule has 0 aliphatic rings. The van der Waals surface area contributed by atoms with Crippen molar-refractivity contribution in [1.82, 2.24) is 14.0 Å². The van der Waals surface area contributed by atoms with Gasteiger partial charge in [0.1, 0.15) is 0 Å². The average Bonchev–Trinajstić information content (AvgIpc) is 3.15. The average molecular weight is 321 g/mol. The first kappa shape index (κ1) is 13.0. The number of hydrogen-bond donors (Lipinski definition) is 0. The fourth-order valence-corrected chi connectivity index (χ4v) is 4.05. The molecule has 2 aromatic heterocycles. The van der Waals surface area contributed by atoms with Crippen LogP contribution >= 0.6 is 0 Å². The maximum Gasteiger partial charge on any atom is 0.215 e. The molecule has 3 nitrogen and oxygen atoms in total. The maximum absolute atomic E-state index is 4.93. The molecule has 0 atom stereocenters. The van der Waals surface area contributed by atoms with Gasteiger partial charge in [-0.2, -0.15) is 0 Å². The second-order valence-electron chi connectivity index (χ2n) is 6.65. The van der Waals surface area contributed by atoms with Crippen LogP contribution in [0.25, 0.3) is 49.4 Å². The van der Waals surface area contributed by atoms with E-state index in [9.17, 15) is 0 Å². The van der Waals surface area contributed by atoms with Gasteiger partial charge in [0.2, 0.25) is 5.78 Å². The topological polar surface area (TPSA) is 22.2 Å². The molecule has 0 bridgehead atoms. The molecule has 4 aromatic carbocycles. The van der Waals surface area contributed by atoms with E-state index in [-0.39, 0.29) is 0 Å². The fraction of sp³-hybridized carbons (Fsp3) is 0.0455. The molecule has 0 fully saturated rings. The second-order valence-corrected chi connectivity index (χ2v) is 6.65. The molecule has 0 radical (unpaired) electrons. The third kappa shape index (κ3) is 1.57. The number of hydrogen-bond acceptors (Lipinski definition) is 1. The summed E-state index contributed by atoms with van der Waals surface area (Å²) >= 11 is 0. The molecule has 0 spiro atoms. The van der Waals surface area contributed by atoms with E-state index >= 15 is 0 Å². The highest BCUT2D eigenvalue weighted by Gasteiger charge is 2.16. The summed E-state index contributed by atoms with van der Waals surface area (Å²) in [7, 11) is 2.10. The van der Waals surface area contributed by atoms with Gasteiger partial charge in [0, 0.05) is 12.4 Å². The van der Waals surface area contributed by atoms with Crippen LogP contribution in [0.4, 0.5) is 0 Å². The van der Waals surface area contributed by atoms with Crippen LogP contribution in [0.2, 0.25) is 0 Å². The van der Waals surface area contributed by atoms with E-state index in [4.69, 9.17) is 4.98 Å². The molecule has 0 aliphatic carbocycles. The van der Waals surface area contributed by atoms with Gasteiger partial charge in [0.25, 0.3) is 0 Å². The first-order chi connectivity index (χ1) is 12.3. The van der Waals surface area contributed by atoms with Crippen molar-refractivity contribution in [1.29, 1.82) is 0 Å². The first-order valence-corrected chi connectivity index (χ1v) is 8.48. The van der Waals surface area contributed by atoms with Crippen LogP contribution in [0.15, 0.2) is 72.8 Å². The van der Waals surface area contributed by atoms with E-state index in [0.717, 1.165) is 16.8 Å². The lowest BCUT2D eigenvalue weighted by atomic mass is 10.1. The summed E-state index contributed by atoms with van der Waals surface area (Å²) in [5.41, 5.74) is 4.64. The van der Waals surface area contributed by atoms with Crippen molar-refractivity contribution in [3.05, 3.63) is 72.8 Å². The van der Waals surface area contributed by atoms with E-state index in [1.807, 2.05) is 0 Å². The van der Waals surface area contributed by atoms with Crippen LogP contribution in [-0.2, 0) is 7.05 Å². The Morgan fingerprint density at radius 1 is 0.720 bits per heavy atom. The molecule has 2 heterocycles. The third-order valence-corrected chi connectivity index (χ3v) is 5.27. The van der Waals surface area contributed by atoms with Gasteiger partial charge < -0.3 is 4.57 Å². The summed E-state index contributed by atoms with van der Waals surface area (Å²) < 4.78 is 4.49. The van der Waals surface area contributed by atoms with Gasteiger partial charge in [0.15, 0.2) is 0 Å². The predicted octanol–water partition coefficient (Wildman–Crippen LogP) is 5.29. The van der Waals surface area contributed by atoms with Gasteiger partial charge in [-0.05, 0) is 34.4 Å². The van der Waals surface area contributed by atoms with Crippen molar-refractivity contribution in [2.75, 3.05) is 0 Å². The number of aromatic nitrogens is 3. The lowest BCUT2D eigenvalue weighted by Gasteiger charge is -2.03. The third-order valence-electron chi connectivity index (χ3n) is 5.27. The molecule has 118 valence electrons. The van der Waals surface area contributed by atoms with Crippen LogP contribution in [0.3, 0.4) is 0 Å². The van der Waals surface area contributed by atoms with E-state index in [0.29, 0.717) is 0 Å². The van der Waals surface area contributed by atoms with E-state index < -0.39 is 0 Å². The highest BCUT2D eigenvalue weighted by Crippen LogP contribution is 2.32. The highest BCUT2D eigenvalue weighted by molar-refractivity contribution is 6.09. The van der Waals surface area contributed by atoms with Crippen LogP contribution < -0.4 is 0 Å². The fourth-order valence-electron chi connectivity index (χ4n) is 4.05. The number of fused-ring (bicyclic) bond motifs is 8. The molecular weight excluding hydrogens is 306 g/mol. The van der Waals surface area contributed by atoms with Crippen LogP contribution in [0.5, 0.6) is 0 Å². The van der Waals surface area contributed by atoms with Crippen molar-refractivity contribution in [3.63, 3.8) is 0 Å². The summed E-state index contributed by atoms with van der Waals surface area (Å²) in [5.74, 6) is 0.983. The molecule has 0 unspecified atom stereocenters. The second kappa shape index (κ2) is 4.39. The molecule has 3 heteroatoms. The van der Waals surface area contributed by atoms with Gasteiger partial charge in [-0.1, -0.05) is 54.6 Å². The zero-order valence-corrected chi connectivity index (χ0v) is 13.8. The summed E-state index contributed by atoms with van der Waals surface area (Å²) in [5, 5.41) is 4.99. The zero-order valence-electron chi connectivity index (χ0n) is 13.8. The molecule has 0 saturated heterocycles. The summed E-state index contributed by atoms with van der Waals surface area (Å²) in [6.07, 6.45) is 0. The molecule has 6 aromatic rings. The molecular formula is C22H15N3. The van der Waals surface area contributed by atoms with Gasteiger partial charge in [-0.25, -0.2) is 4.98 Å². The molecule has 6 rings (SSSR count). The molecule has 0 N–H and O–H groups in total. The lowest BCUT2D eigenvalue weighted by molar-refractivity contribution is 0.974. The number of nitrogens with zero attached hydrogens (tertiary/aromatic N) is 3. The predicted molar refractivity (Wildman–Crippen MR) is 104 cm³/mol. The summed E-state index contributed by atoms with van der Waals surface area (Å²) in [6, 6.07) is 25.9. The van der Waals surface area contributed by atoms with Gasteiger partial charge in [-0.15, -0.1) is 0 Å². The first-order valence-electron chi connectivity index (χ1n) is 8.48. The van der Waals surface area contributed by atoms with Gasteiger partial charge >= 0.3 is 0 Å². The lowest BCUT2D eigenvalue weighted by Crippen LogP contribution is -1.87. The number of rotatable bonds is 0. The van der Waals surface area contributed by atoms with Crippen molar-refractivity contribution in [3.8, 4) is 0 Å². The normalized spacial score (nSPS) is 12.2. The Bertz CT molecular complexity index is 1450. The summed E-state index contributed by atoms with van der Waals surface area (Å²) in [6.45, 7) is 0. The minimum Gasteiger partial charge on any atom is -0.313 e. The minimum atomic E-state index is 0.983. The van der Waals surface area contributed by atoms with Gasteiger partial charge in [-0.3, -0.25) is 4.40 Å². The Hall–Kier alpha value is -3.33. The van der Waals surface area contributed by atoms with Gasteiger partial charge in [0.05, 0.1) is 22.1 Å². The SMILES string of the molecule is Cn1c2ccc3ccccc3c2n2c3cc4ccccc4cc3nc12. The Balaban J connectivity index is 1.94. The molecule has 0 aliphatic heterocycles. The minimum absolute atomic E-state index is 0.983. The van der Waals surface area contributed by atoms with Crippen molar-refractivity contribution >= 4 is 49.4 Å². The number of aryl methyl sites for hydroxylation is 1. The van der Waals surface area contributed by atoms with E-state index in [1.165, 1.54) is 32.6 Å². The summed E-state index contributed by atoms with van der Waals surface area (Å²) in [4.78, 5) is 4.93. The molecule has 25 heavy (non-hydrogen) atoms. The largest absolute Gasteiger partial charge is 0.313 e. The monoisotopic (exact) mass is 321 g/mol. The number of benzene rings is 4. The van der Waals surface area contributed by atoms with Crippen LogP contribution in [-0.4, -0.2) is 14.0 Å². The maximum atomic E-state index is 4.93. The van der Waals surface area contributed by atoms with Crippen molar-refractivity contribution < 1.29 is 0 Å². The Morgan fingerprint density at radius 3 is 2.28 bits per heavy atom. The standard InChI is InChI=1S/C22H15N3/c1-24-19-11-10-14-6-4-5-9-17(14)21(19)25-20-13-16-8-3-2-7-15(16)12-18(20)23-22(24)25/h2-13H,1H3. The quantitative estimate of drug-likeness (QED) is 0.373. The molecule has 0 amide bonds. The highest BCUT2D eigenvalue weighted by atomic mass is 15.2. The number of imidazole rings is 2. The molecule has 0 saturated carbocycles. The Kier molecular flexibility index (Phi) is 2.29. The van der Waals surface area contributed by atoms with E-state index in [1.54, 1.807) is 0 Å². The van der Waals surface area contributed by atoms with E-state index in [2.05, 4.69) is 88.8 Å². The van der Waals surface area contributed by atoms with Crippen molar-refractivity contribution in [2.24, 2.45) is 7.05 Å². The van der Waals surface area contributed by atoms with Crippen molar-refractivity contribution in [2.45, 2.75) is 0 Å². The zero-order chi connectivity index (χ0) is 16.5. The Morgan fingerprint density at radius 2 is 1.44 bits per heavy atom. The van der Waals surface area contributed by atoms with Crippen LogP contribution in [0.1, 0.15) is 0 Å².